The summed E-state index contributed by atoms with van der Waals surface area (Å²) >= 11 is 5.95. The van der Waals surface area contributed by atoms with E-state index in [-0.39, 0.29) is 0 Å². The van der Waals surface area contributed by atoms with Gasteiger partial charge in [-0.05, 0) is 35.9 Å². The van der Waals surface area contributed by atoms with Crippen LogP contribution in [0.3, 0.4) is 0 Å². The average Bonchev–Trinajstić information content (AvgIpc) is 3.00. The summed E-state index contributed by atoms with van der Waals surface area (Å²) in [5.41, 5.74) is 4.57. The largest absolute Gasteiger partial charge is 0.255 e. The molecule has 0 spiro atoms. The molecule has 0 aliphatic carbocycles. The molecular weight excluding hydrogens is 296 g/mol. The number of rotatable bonds is 2. The van der Waals surface area contributed by atoms with Gasteiger partial charge in [0.2, 0.25) is 0 Å². The first-order valence-electron chi connectivity index (χ1n) is 6.83. The maximum Gasteiger partial charge on any atom is 0.163 e. The van der Waals surface area contributed by atoms with Crippen molar-refractivity contribution in [1.82, 2.24) is 19.6 Å². The highest BCUT2D eigenvalue weighted by Crippen LogP contribution is 2.27. The van der Waals surface area contributed by atoms with E-state index in [4.69, 9.17) is 11.6 Å². The van der Waals surface area contributed by atoms with Crippen molar-refractivity contribution in [3.8, 4) is 22.5 Å². The fourth-order valence-electron chi connectivity index (χ4n) is 2.43. The van der Waals surface area contributed by atoms with Crippen LogP contribution in [-0.2, 0) is 0 Å². The molecule has 0 atom stereocenters. The summed E-state index contributed by atoms with van der Waals surface area (Å²) in [6.45, 7) is 0. The first-order valence-corrected chi connectivity index (χ1v) is 7.21. The zero-order valence-corrected chi connectivity index (χ0v) is 12.3. The molecule has 0 unspecified atom stereocenters. The zero-order chi connectivity index (χ0) is 14.9. The first-order chi connectivity index (χ1) is 10.8. The van der Waals surface area contributed by atoms with Gasteiger partial charge >= 0.3 is 0 Å². The van der Waals surface area contributed by atoms with Crippen molar-refractivity contribution in [2.75, 3.05) is 0 Å². The van der Waals surface area contributed by atoms with Gasteiger partial charge in [-0.3, -0.25) is 4.98 Å². The molecule has 0 saturated carbocycles. The number of aromatic nitrogens is 4. The van der Waals surface area contributed by atoms with E-state index >= 15 is 0 Å². The molecule has 4 rings (SSSR count). The molecule has 0 saturated heterocycles. The lowest BCUT2D eigenvalue weighted by molar-refractivity contribution is 0.942. The van der Waals surface area contributed by atoms with Gasteiger partial charge in [0.25, 0.3) is 0 Å². The maximum absolute atomic E-state index is 5.95. The van der Waals surface area contributed by atoms with Crippen LogP contribution in [0.1, 0.15) is 0 Å². The van der Waals surface area contributed by atoms with Crippen LogP contribution in [0, 0.1) is 0 Å². The van der Waals surface area contributed by atoms with Gasteiger partial charge in [-0.15, -0.1) is 0 Å². The monoisotopic (exact) mass is 306 g/mol. The van der Waals surface area contributed by atoms with E-state index in [9.17, 15) is 0 Å². The van der Waals surface area contributed by atoms with Crippen molar-refractivity contribution < 1.29 is 0 Å². The van der Waals surface area contributed by atoms with Crippen molar-refractivity contribution in [2.45, 2.75) is 0 Å². The van der Waals surface area contributed by atoms with E-state index in [1.54, 1.807) is 12.4 Å². The Morgan fingerprint density at radius 1 is 0.864 bits per heavy atom. The summed E-state index contributed by atoms with van der Waals surface area (Å²) in [5.74, 6) is 0. The van der Waals surface area contributed by atoms with E-state index in [1.807, 2.05) is 59.2 Å². The topological polar surface area (TPSA) is 43.1 Å². The van der Waals surface area contributed by atoms with Gasteiger partial charge in [0.15, 0.2) is 5.65 Å². The molecule has 106 valence electrons. The number of hydrogen-bond donors (Lipinski definition) is 0. The van der Waals surface area contributed by atoms with Gasteiger partial charge in [0.05, 0.1) is 17.6 Å². The summed E-state index contributed by atoms with van der Waals surface area (Å²) in [4.78, 5) is 8.85. The molecule has 4 nitrogen and oxygen atoms in total. The highest BCUT2D eigenvalue weighted by molar-refractivity contribution is 6.30. The van der Waals surface area contributed by atoms with E-state index in [0.717, 1.165) is 28.2 Å². The van der Waals surface area contributed by atoms with Crippen LogP contribution < -0.4 is 0 Å². The van der Waals surface area contributed by atoms with Gasteiger partial charge in [-0.2, -0.15) is 5.10 Å². The molecule has 5 heteroatoms. The van der Waals surface area contributed by atoms with Crippen molar-refractivity contribution in [2.24, 2.45) is 0 Å². The van der Waals surface area contributed by atoms with Crippen LogP contribution in [0.4, 0.5) is 0 Å². The smallest absolute Gasteiger partial charge is 0.163 e. The molecule has 0 aliphatic heterocycles. The lowest BCUT2D eigenvalue weighted by Crippen LogP contribution is -1.96. The number of benzene rings is 1. The van der Waals surface area contributed by atoms with Crippen LogP contribution in [-0.4, -0.2) is 19.6 Å². The summed E-state index contributed by atoms with van der Waals surface area (Å²) in [6, 6.07) is 15.4. The van der Waals surface area contributed by atoms with Crippen LogP contribution >= 0.6 is 11.6 Å². The summed E-state index contributed by atoms with van der Waals surface area (Å²) in [5, 5.41) is 5.19. The first kappa shape index (κ1) is 13.0. The molecule has 4 aromatic rings. The van der Waals surface area contributed by atoms with E-state index in [0.29, 0.717) is 5.02 Å². The molecule has 3 heterocycles. The Kier molecular flexibility index (Phi) is 3.09. The SMILES string of the molecule is Clc1ccc(-c2cnn3c(-c4ccccn4)ccnc23)cc1. The minimum atomic E-state index is 0.711. The van der Waals surface area contributed by atoms with Gasteiger partial charge in [0.1, 0.15) is 0 Å². The Hall–Kier alpha value is -2.72. The second-order valence-electron chi connectivity index (χ2n) is 4.85. The normalized spacial score (nSPS) is 11.0. The van der Waals surface area contributed by atoms with Crippen LogP contribution in [0.2, 0.25) is 5.02 Å². The summed E-state index contributed by atoms with van der Waals surface area (Å²) in [6.07, 6.45) is 5.36. The Morgan fingerprint density at radius 3 is 2.50 bits per heavy atom. The number of halogens is 1. The molecule has 0 fully saturated rings. The third-order valence-electron chi connectivity index (χ3n) is 3.48. The Labute approximate surface area is 132 Å². The predicted molar refractivity (Wildman–Crippen MR) is 86.7 cm³/mol. The van der Waals surface area contributed by atoms with Crippen LogP contribution in [0.15, 0.2) is 67.1 Å². The molecule has 0 bridgehead atoms. The molecule has 22 heavy (non-hydrogen) atoms. The quantitative estimate of drug-likeness (QED) is 0.559. The minimum absolute atomic E-state index is 0.711. The lowest BCUT2D eigenvalue weighted by Gasteiger charge is -2.04. The molecule has 1 aromatic carbocycles. The van der Waals surface area contributed by atoms with Crippen molar-refractivity contribution in [3.05, 3.63) is 72.1 Å². The van der Waals surface area contributed by atoms with E-state index in [1.165, 1.54) is 0 Å². The molecular formula is C17H11ClN4. The van der Waals surface area contributed by atoms with Gasteiger partial charge in [0, 0.05) is 23.0 Å². The number of fused-ring (bicyclic) bond motifs is 1. The Balaban J connectivity index is 1.92. The fraction of sp³-hybridized carbons (Fsp3) is 0. The van der Waals surface area contributed by atoms with Crippen molar-refractivity contribution >= 4 is 17.2 Å². The molecule has 0 radical (unpaired) electrons. The van der Waals surface area contributed by atoms with Crippen molar-refractivity contribution in [1.29, 1.82) is 0 Å². The van der Waals surface area contributed by atoms with Crippen molar-refractivity contribution in [3.63, 3.8) is 0 Å². The minimum Gasteiger partial charge on any atom is -0.255 e. The second kappa shape index (κ2) is 5.24. The lowest BCUT2D eigenvalue weighted by atomic mass is 10.1. The highest BCUT2D eigenvalue weighted by atomic mass is 35.5. The molecule has 3 aromatic heterocycles. The molecule has 0 amide bonds. The summed E-state index contributed by atoms with van der Waals surface area (Å²) < 4.78 is 1.81. The van der Waals surface area contributed by atoms with Crippen LogP contribution in [0.5, 0.6) is 0 Å². The van der Waals surface area contributed by atoms with Gasteiger partial charge in [-0.25, -0.2) is 9.50 Å². The highest BCUT2D eigenvalue weighted by Gasteiger charge is 2.12. The standard InChI is InChI=1S/C17H11ClN4/c18-13-6-4-12(5-7-13)14-11-21-22-16(8-10-20-17(14)22)15-3-1-2-9-19-15/h1-11H. The van der Waals surface area contributed by atoms with E-state index < -0.39 is 0 Å². The Morgan fingerprint density at radius 2 is 1.73 bits per heavy atom. The molecule has 0 N–H and O–H groups in total. The molecule has 0 aliphatic rings. The summed E-state index contributed by atoms with van der Waals surface area (Å²) in [7, 11) is 0. The Bertz CT molecular complexity index is 930. The van der Waals surface area contributed by atoms with Gasteiger partial charge in [-0.1, -0.05) is 29.8 Å². The second-order valence-corrected chi connectivity index (χ2v) is 5.28. The third-order valence-corrected chi connectivity index (χ3v) is 3.74. The maximum atomic E-state index is 5.95. The van der Waals surface area contributed by atoms with Crippen LogP contribution in [0.25, 0.3) is 28.2 Å². The number of hydrogen-bond acceptors (Lipinski definition) is 3. The third kappa shape index (κ3) is 2.14. The predicted octanol–water partition coefficient (Wildman–Crippen LogP) is 4.11. The number of nitrogens with zero attached hydrogens (tertiary/aromatic N) is 4. The van der Waals surface area contributed by atoms with Gasteiger partial charge < -0.3 is 0 Å². The average molecular weight is 307 g/mol. The zero-order valence-electron chi connectivity index (χ0n) is 11.5. The fourth-order valence-corrected chi connectivity index (χ4v) is 2.56. The van der Waals surface area contributed by atoms with E-state index in [2.05, 4.69) is 15.1 Å². The number of pyridine rings is 1.